The lowest BCUT2D eigenvalue weighted by molar-refractivity contribution is -0.121. The van der Waals surface area contributed by atoms with Gasteiger partial charge in [0.1, 0.15) is 11.6 Å². The minimum atomic E-state index is -0.0427. The minimum absolute atomic E-state index is 0.0427. The van der Waals surface area contributed by atoms with Gasteiger partial charge in [0.05, 0.1) is 23.9 Å². The molecular formula is C19H18N4O2. The van der Waals surface area contributed by atoms with Gasteiger partial charge >= 0.3 is 0 Å². The molecule has 126 valence electrons. The van der Waals surface area contributed by atoms with Crippen LogP contribution < -0.4 is 10.2 Å². The summed E-state index contributed by atoms with van der Waals surface area (Å²) in [5, 5.41) is 4.22. The first-order chi connectivity index (χ1) is 12.1. The minimum Gasteiger partial charge on any atom is -0.497 e. The number of H-pyrrole nitrogens is 1. The molecule has 6 nitrogen and oxygen atoms in total. The van der Waals surface area contributed by atoms with Crippen LogP contribution in [0.25, 0.3) is 22.4 Å². The maximum absolute atomic E-state index is 11.4. The average molecular weight is 334 g/mol. The van der Waals surface area contributed by atoms with Crippen molar-refractivity contribution >= 4 is 22.7 Å². The number of rotatable bonds is 3. The monoisotopic (exact) mass is 334 g/mol. The molecule has 4 rings (SSSR count). The molecule has 3 aromatic rings. The van der Waals surface area contributed by atoms with Crippen molar-refractivity contribution in [1.82, 2.24) is 15.4 Å². The van der Waals surface area contributed by atoms with Crippen molar-refractivity contribution in [1.29, 1.82) is 0 Å². The van der Waals surface area contributed by atoms with Crippen molar-refractivity contribution in [3.8, 4) is 17.1 Å². The van der Waals surface area contributed by atoms with Crippen LogP contribution in [0.1, 0.15) is 18.9 Å². The van der Waals surface area contributed by atoms with Crippen LogP contribution in [0.2, 0.25) is 0 Å². The van der Waals surface area contributed by atoms with E-state index in [-0.39, 0.29) is 11.8 Å². The van der Waals surface area contributed by atoms with Crippen LogP contribution in [0.4, 0.5) is 0 Å². The Balaban J connectivity index is 1.70. The number of carbonyl (C=O) groups excluding carboxylic acids is 1. The molecule has 2 aromatic carbocycles. The predicted molar refractivity (Wildman–Crippen MR) is 96.5 cm³/mol. The Bertz CT molecular complexity index is 973. The van der Waals surface area contributed by atoms with Gasteiger partial charge in [-0.1, -0.05) is 13.0 Å². The van der Waals surface area contributed by atoms with E-state index in [1.54, 1.807) is 7.11 Å². The molecule has 0 aliphatic carbocycles. The van der Waals surface area contributed by atoms with Crippen molar-refractivity contribution in [2.24, 2.45) is 11.0 Å². The summed E-state index contributed by atoms with van der Waals surface area (Å²) in [5.41, 5.74) is 7.25. The summed E-state index contributed by atoms with van der Waals surface area (Å²) in [5.74, 6) is 1.67. The molecule has 1 aromatic heterocycles. The quantitative estimate of drug-likeness (QED) is 0.772. The third-order valence-electron chi connectivity index (χ3n) is 4.40. The van der Waals surface area contributed by atoms with Crippen LogP contribution in [0.5, 0.6) is 5.75 Å². The first kappa shape index (κ1) is 15.4. The average Bonchev–Trinajstić information content (AvgIpc) is 3.05. The number of benzene rings is 2. The van der Waals surface area contributed by atoms with Crippen molar-refractivity contribution < 1.29 is 9.53 Å². The number of fused-ring (bicyclic) bond motifs is 1. The van der Waals surface area contributed by atoms with E-state index in [1.165, 1.54) is 0 Å². The van der Waals surface area contributed by atoms with E-state index in [9.17, 15) is 4.79 Å². The normalized spacial score (nSPS) is 17.3. The zero-order valence-electron chi connectivity index (χ0n) is 14.0. The summed E-state index contributed by atoms with van der Waals surface area (Å²) >= 11 is 0. The fourth-order valence-corrected chi connectivity index (χ4v) is 3.05. The lowest BCUT2D eigenvalue weighted by atomic mass is 9.94. The molecule has 1 amide bonds. The second-order valence-electron chi connectivity index (χ2n) is 6.18. The van der Waals surface area contributed by atoms with Gasteiger partial charge in [0, 0.05) is 23.5 Å². The highest BCUT2D eigenvalue weighted by Crippen LogP contribution is 2.25. The number of ether oxygens (including phenoxy) is 1. The molecule has 0 saturated heterocycles. The summed E-state index contributed by atoms with van der Waals surface area (Å²) in [7, 11) is 1.65. The highest BCUT2D eigenvalue weighted by molar-refractivity contribution is 6.07. The molecule has 6 heteroatoms. The summed E-state index contributed by atoms with van der Waals surface area (Å²) in [6.45, 7) is 2.01. The summed E-state index contributed by atoms with van der Waals surface area (Å²) in [4.78, 5) is 19.5. The molecule has 0 radical (unpaired) electrons. The lowest BCUT2D eigenvalue weighted by Gasteiger charge is -2.18. The van der Waals surface area contributed by atoms with Crippen LogP contribution in [0, 0.1) is 5.92 Å². The van der Waals surface area contributed by atoms with Gasteiger partial charge < -0.3 is 9.72 Å². The number of nitrogens with one attached hydrogen (secondary N) is 2. The number of hydrogen-bond donors (Lipinski definition) is 2. The van der Waals surface area contributed by atoms with E-state index >= 15 is 0 Å². The third-order valence-corrected chi connectivity index (χ3v) is 4.40. The predicted octanol–water partition coefficient (Wildman–Crippen LogP) is 3.10. The van der Waals surface area contributed by atoms with E-state index in [0.29, 0.717) is 6.42 Å². The van der Waals surface area contributed by atoms with E-state index < -0.39 is 0 Å². The van der Waals surface area contributed by atoms with E-state index in [1.807, 2.05) is 49.4 Å². The van der Waals surface area contributed by atoms with Gasteiger partial charge in [-0.25, -0.2) is 10.4 Å². The highest BCUT2D eigenvalue weighted by Gasteiger charge is 2.22. The van der Waals surface area contributed by atoms with E-state index in [0.717, 1.165) is 39.4 Å². The van der Waals surface area contributed by atoms with E-state index in [2.05, 4.69) is 15.5 Å². The zero-order chi connectivity index (χ0) is 17.4. The molecule has 1 atom stereocenters. The van der Waals surface area contributed by atoms with E-state index in [4.69, 9.17) is 9.72 Å². The Morgan fingerprint density at radius 2 is 1.88 bits per heavy atom. The summed E-state index contributed by atoms with van der Waals surface area (Å²) in [6.07, 6.45) is 0.453. The number of amides is 1. The molecule has 1 aliphatic rings. The Kier molecular flexibility index (Phi) is 3.72. The van der Waals surface area contributed by atoms with Crippen LogP contribution in [0.3, 0.4) is 0 Å². The van der Waals surface area contributed by atoms with Crippen molar-refractivity contribution in [3.63, 3.8) is 0 Å². The largest absolute Gasteiger partial charge is 0.497 e. The number of hydrogen-bond acceptors (Lipinski definition) is 4. The number of aromatic nitrogens is 2. The third kappa shape index (κ3) is 2.87. The molecule has 0 fully saturated rings. The molecule has 0 spiro atoms. The van der Waals surface area contributed by atoms with Crippen LogP contribution in [0.15, 0.2) is 47.6 Å². The molecule has 2 N–H and O–H groups in total. The molecule has 1 aliphatic heterocycles. The summed E-state index contributed by atoms with van der Waals surface area (Å²) < 4.78 is 5.19. The fraction of sp³-hybridized carbons (Fsp3) is 0.211. The smallest absolute Gasteiger partial charge is 0.240 e. The van der Waals surface area contributed by atoms with Gasteiger partial charge in [0.15, 0.2) is 0 Å². The lowest BCUT2D eigenvalue weighted by Crippen LogP contribution is -2.31. The highest BCUT2D eigenvalue weighted by atomic mass is 16.5. The second kappa shape index (κ2) is 6.05. The number of carbonyl (C=O) groups is 1. The van der Waals surface area contributed by atoms with Crippen molar-refractivity contribution in [3.05, 3.63) is 48.0 Å². The topological polar surface area (TPSA) is 79.4 Å². The number of imidazole rings is 1. The van der Waals surface area contributed by atoms with Crippen LogP contribution >= 0.6 is 0 Å². The SMILES string of the molecule is COc1ccc(-c2nc3cc(C4=NNC(=O)C[C@@H]4C)ccc3[nH]2)cc1. The molecule has 2 heterocycles. The second-order valence-corrected chi connectivity index (χ2v) is 6.18. The van der Waals surface area contributed by atoms with Crippen LogP contribution in [-0.2, 0) is 4.79 Å². The van der Waals surface area contributed by atoms with Crippen LogP contribution in [-0.4, -0.2) is 28.7 Å². The first-order valence-electron chi connectivity index (χ1n) is 8.15. The molecular weight excluding hydrogens is 316 g/mol. The standard InChI is InChI=1S/C19H18N4O2/c1-11-9-17(24)22-23-18(11)13-5-8-15-16(10-13)21-19(20-15)12-3-6-14(25-2)7-4-12/h3-8,10-11H,9H2,1-2H3,(H,20,21)(H,22,24)/t11-/m0/s1. The van der Waals surface area contributed by atoms with Gasteiger partial charge in [-0.05, 0) is 36.4 Å². The fourth-order valence-electron chi connectivity index (χ4n) is 3.05. The number of methoxy groups -OCH3 is 1. The Hall–Kier alpha value is -3.15. The summed E-state index contributed by atoms with van der Waals surface area (Å²) in [6, 6.07) is 13.8. The molecule has 0 unspecified atom stereocenters. The Labute approximate surface area is 144 Å². The maximum atomic E-state index is 11.4. The Morgan fingerprint density at radius 3 is 2.60 bits per heavy atom. The molecule has 25 heavy (non-hydrogen) atoms. The zero-order valence-corrected chi connectivity index (χ0v) is 14.0. The van der Waals surface area contributed by atoms with Gasteiger partial charge in [-0.3, -0.25) is 4.79 Å². The van der Waals surface area contributed by atoms with Crippen molar-refractivity contribution in [2.45, 2.75) is 13.3 Å². The number of hydrazone groups is 1. The van der Waals surface area contributed by atoms with Gasteiger partial charge in [0.25, 0.3) is 0 Å². The van der Waals surface area contributed by atoms with Crippen molar-refractivity contribution in [2.75, 3.05) is 7.11 Å². The Morgan fingerprint density at radius 1 is 1.12 bits per heavy atom. The van der Waals surface area contributed by atoms with Gasteiger partial charge in [0.2, 0.25) is 5.91 Å². The number of aromatic amines is 1. The number of nitrogens with zero attached hydrogens (tertiary/aromatic N) is 2. The van der Waals surface area contributed by atoms with Gasteiger partial charge in [-0.2, -0.15) is 5.10 Å². The first-order valence-corrected chi connectivity index (χ1v) is 8.15. The maximum Gasteiger partial charge on any atom is 0.240 e. The molecule has 0 bridgehead atoms. The molecule has 0 saturated carbocycles. The van der Waals surface area contributed by atoms with Gasteiger partial charge in [-0.15, -0.1) is 0 Å².